The van der Waals surface area contributed by atoms with Crippen molar-refractivity contribution >= 4 is 21.8 Å². The molecule has 1 atom stereocenters. The maximum atomic E-state index is 12.5. The summed E-state index contributed by atoms with van der Waals surface area (Å²) >= 11 is 3.36. The number of nitrogens with zero attached hydrogens (tertiary/aromatic N) is 2. The third kappa shape index (κ3) is 2.96. The van der Waals surface area contributed by atoms with Gasteiger partial charge in [-0.05, 0) is 40.4 Å². The van der Waals surface area contributed by atoms with Gasteiger partial charge in [-0.15, -0.1) is 0 Å². The van der Waals surface area contributed by atoms with Gasteiger partial charge in [-0.25, -0.2) is 0 Å². The first-order valence-corrected chi connectivity index (χ1v) is 6.94. The topological polar surface area (TPSA) is 73.7 Å². The van der Waals surface area contributed by atoms with Gasteiger partial charge in [-0.3, -0.25) is 9.78 Å². The Morgan fingerprint density at radius 2 is 2.26 bits per heavy atom. The number of hydrogen-bond acceptors (Lipinski definition) is 4. The molecule has 104 valence electrons. The summed E-state index contributed by atoms with van der Waals surface area (Å²) in [7, 11) is 1.65. The zero-order valence-corrected chi connectivity index (χ0v) is 12.3. The molecule has 0 unspecified atom stereocenters. The molecule has 1 heterocycles. The molecule has 1 aliphatic rings. The molecule has 2 N–H and O–H groups in total. The van der Waals surface area contributed by atoms with Crippen molar-refractivity contribution in [2.75, 3.05) is 20.2 Å². The van der Waals surface area contributed by atoms with Crippen LogP contribution in [0, 0.1) is 0 Å². The third-order valence-corrected chi connectivity index (χ3v) is 3.89. The fraction of sp³-hybridized carbons (Fsp3) is 0.538. The van der Waals surface area contributed by atoms with Crippen LogP contribution in [0.3, 0.4) is 0 Å². The number of rotatable bonds is 5. The highest BCUT2D eigenvalue weighted by Gasteiger charge is 2.52. The number of carbonyl (C=O) groups excluding carboxylic acids is 1. The average Bonchev–Trinajstić information content (AvgIpc) is 3.19. The molecule has 1 amide bonds. The van der Waals surface area contributed by atoms with Crippen LogP contribution >= 0.6 is 15.9 Å². The van der Waals surface area contributed by atoms with E-state index in [2.05, 4.69) is 20.9 Å². The summed E-state index contributed by atoms with van der Waals surface area (Å²) in [5, 5.41) is 18.2. The largest absolute Gasteiger partial charge is 0.394 e. The highest BCUT2D eigenvalue weighted by molar-refractivity contribution is 9.10. The summed E-state index contributed by atoms with van der Waals surface area (Å²) in [4.78, 5) is 18.1. The van der Waals surface area contributed by atoms with Gasteiger partial charge in [-0.2, -0.15) is 0 Å². The Morgan fingerprint density at radius 3 is 2.79 bits per heavy atom. The third-order valence-electron chi connectivity index (χ3n) is 3.46. The first-order valence-electron chi connectivity index (χ1n) is 6.15. The average molecular weight is 329 g/mol. The van der Waals surface area contributed by atoms with Crippen LogP contribution in [-0.2, 0) is 10.2 Å². The molecule has 0 bridgehead atoms. The van der Waals surface area contributed by atoms with Gasteiger partial charge >= 0.3 is 0 Å². The molecule has 1 aromatic heterocycles. The molecule has 6 heteroatoms. The standard InChI is InChI=1S/C13H17BrN2O3/c1-16(7-11(18)8-17)12(19)13(2-3-13)9-4-10(14)6-15-5-9/h4-6,11,17-18H,2-3,7-8H2,1H3/t11-/m0/s1. The number of halogens is 1. The monoisotopic (exact) mass is 328 g/mol. The number of amides is 1. The van der Waals surface area contributed by atoms with Crippen LogP contribution in [0.1, 0.15) is 18.4 Å². The van der Waals surface area contributed by atoms with E-state index in [1.807, 2.05) is 6.07 Å². The molecule has 1 fully saturated rings. The van der Waals surface area contributed by atoms with Crippen molar-refractivity contribution in [1.29, 1.82) is 0 Å². The van der Waals surface area contributed by atoms with Gasteiger partial charge in [0.2, 0.25) is 5.91 Å². The van der Waals surface area contributed by atoms with Crippen molar-refractivity contribution in [3.63, 3.8) is 0 Å². The van der Waals surface area contributed by atoms with E-state index in [1.54, 1.807) is 19.4 Å². The normalized spacial score (nSPS) is 17.9. The van der Waals surface area contributed by atoms with Gasteiger partial charge in [0.25, 0.3) is 0 Å². The molecule has 0 aliphatic heterocycles. The van der Waals surface area contributed by atoms with Crippen molar-refractivity contribution in [3.05, 3.63) is 28.5 Å². The van der Waals surface area contributed by atoms with Crippen LogP contribution in [0.2, 0.25) is 0 Å². The molecular weight excluding hydrogens is 312 g/mol. The van der Waals surface area contributed by atoms with E-state index in [1.165, 1.54) is 4.90 Å². The minimum atomic E-state index is -0.898. The highest BCUT2D eigenvalue weighted by Crippen LogP contribution is 2.49. The smallest absolute Gasteiger partial charge is 0.233 e. The Labute approximate surface area is 120 Å². The van der Waals surface area contributed by atoms with E-state index in [4.69, 9.17) is 5.11 Å². The van der Waals surface area contributed by atoms with Crippen LogP contribution in [0.4, 0.5) is 0 Å². The van der Waals surface area contributed by atoms with Gasteiger partial charge < -0.3 is 15.1 Å². The van der Waals surface area contributed by atoms with Gasteiger partial charge in [0.05, 0.1) is 18.1 Å². The number of aromatic nitrogens is 1. The molecule has 0 spiro atoms. The van der Waals surface area contributed by atoms with Crippen molar-refractivity contribution in [1.82, 2.24) is 9.88 Å². The Balaban J connectivity index is 2.14. The predicted molar refractivity (Wildman–Crippen MR) is 73.6 cm³/mol. The lowest BCUT2D eigenvalue weighted by atomic mass is 9.96. The van der Waals surface area contributed by atoms with Crippen molar-refractivity contribution in [2.24, 2.45) is 0 Å². The second kappa shape index (κ2) is 5.56. The van der Waals surface area contributed by atoms with E-state index >= 15 is 0 Å². The molecule has 5 nitrogen and oxygen atoms in total. The molecular formula is C13H17BrN2O3. The van der Waals surface area contributed by atoms with Gasteiger partial charge in [-0.1, -0.05) is 0 Å². The fourth-order valence-electron chi connectivity index (χ4n) is 2.25. The SMILES string of the molecule is CN(C[C@H](O)CO)C(=O)C1(c2cncc(Br)c2)CC1. The van der Waals surface area contributed by atoms with Crippen molar-refractivity contribution < 1.29 is 15.0 Å². The Hall–Kier alpha value is -0.980. The lowest BCUT2D eigenvalue weighted by molar-refractivity contribution is -0.134. The summed E-state index contributed by atoms with van der Waals surface area (Å²) < 4.78 is 0.849. The second-order valence-electron chi connectivity index (χ2n) is 5.00. The zero-order chi connectivity index (χ0) is 14.0. The number of pyridine rings is 1. The molecule has 0 radical (unpaired) electrons. The number of likely N-dealkylation sites (N-methyl/N-ethyl adjacent to an activating group) is 1. The molecule has 1 saturated carbocycles. The maximum Gasteiger partial charge on any atom is 0.233 e. The molecule has 19 heavy (non-hydrogen) atoms. The summed E-state index contributed by atoms with van der Waals surface area (Å²) in [6.45, 7) is -0.207. The van der Waals surface area contributed by atoms with Crippen LogP contribution in [0.25, 0.3) is 0 Å². The minimum Gasteiger partial charge on any atom is -0.394 e. The first-order chi connectivity index (χ1) is 8.99. The van der Waals surface area contributed by atoms with E-state index in [-0.39, 0.29) is 19.1 Å². The van der Waals surface area contributed by atoms with Gasteiger partial charge in [0, 0.05) is 30.5 Å². The zero-order valence-electron chi connectivity index (χ0n) is 10.7. The first kappa shape index (κ1) is 14.4. The van der Waals surface area contributed by atoms with Crippen LogP contribution in [0.15, 0.2) is 22.9 Å². The number of aliphatic hydroxyl groups excluding tert-OH is 2. The number of aliphatic hydroxyl groups is 2. The van der Waals surface area contributed by atoms with Gasteiger partial charge in [0.15, 0.2) is 0 Å². The predicted octanol–water partition coefficient (Wildman–Crippen LogP) is 0.687. The Bertz CT molecular complexity index is 477. The van der Waals surface area contributed by atoms with E-state index in [9.17, 15) is 9.90 Å². The summed E-state index contributed by atoms with van der Waals surface area (Å²) in [6.07, 6.45) is 4.09. The Kier molecular flexibility index (Phi) is 4.23. The maximum absolute atomic E-state index is 12.5. The second-order valence-corrected chi connectivity index (χ2v) is 5.91. The summed E-state index contributed by atoms with van der Waals surface area (Å²) in [5.41, 5.74) is 0.401. The van der Waals surface area contributed by atoms with E-state index < -0.39 is 11.5 Å². The Morgan fingerprint density at radius 1 is 1.58 bits per heavy atom. The van der Waals surface area contributed by atoms with E-state index in [0.717, 1.165) is 22.9 Å². The van der Waals surface area contributed by atoms with E-state index in [0.29, 0.717) is 0 Å². The fourth-order valence-corrected chi connectivity index (χ4v) is 2.61. The molecule has 2 rings (SSSR count). The number of hydrogen-bond donors (Lipinski definition) is 2. The van der Waals surface area contributed by atoms with Gasteiger partial charge in [0.1, 0.15) is 0 Å². The van der Waals surface area contributed by atoms with Crippen molar-refractivity contribution in [2.45, 2.75) is 24.4 Å². The number of carbonyl (C=O) groups is 1. The minimum absolute atomic E-state index is 0.0279. The lowest BCUT2D eigenvalue weighted by Gasteiger charge is -2.25. The van der Waals surface area contributed by atoms with Crippen LogP contribution in [0.5, 0.6) is 0 Å². The van der Waals surface area contributed by atoms with Crippen LogP contribution in [-0.4, -0.2) is 52.3 Å². The quantitative estimate of drug-likeness (QED) is 0.834. The van der Waals surface area contributed by atoms with Crippen LogP contribution < -0.4 is 0 Å². The summed E-state index contributed by atoms with van der Waals surface area (Å²) in [6, 6.07) is 1.91. The molecule has 1 aliphatic carbocycles. The van der Waals surface area contributed by atoms with Crippen molar-refractivity contribution in [3.8, 4) is 0 Å². The lowest BCUT2D eigenvalue weighted by Crippen LogP contribution is -2.41. The molecule has 1 aromatic rings. The summed E-state index contributed by atoms with van der Waals surface area (Å²) in [5.74, 6) is -0.0279. The highest BCUT2D eigenvalue weighted by atomic mass is 79.9. The molecule has 0 aromatic carbocycles. The molecule has 0 saturated heterocycles.